The summed E-state index contributed by atoms with van der Waals surface area (Å²) in [4.78, 5) is 10.8. The lowest BCUT2D eigenvalue weighted by Gasteiger charge is -2.24. The van der Waals surface area contributed by atoms with Crippen LogP contribution in [0, 0.1) is 0 Å². The van der Waals surface area contributed by atoms with Crippen LogP contribution in [0.4, 0.5) is 4.79 Å². The van der Waals surface area contributed by atoms with E-state index >= 15 is 0 Å². The summed E-state index contributed by atoms with van der Waals surface area (Å²) in [6.45, 7) is 1.73. The Hall–Kier alpha value is -1.30. The number of primary amides is 1. The minimum Gasteiger partial charge on any atom is -0.444 e. The summed E-state index contributed by atoms with van der Waals surface area (Å²) >= 11 is 6.09. The van der Waals surface area contributed by atoms with Crippen LogP contribution in [0.3, 0.4) is 0 Å². The molecule has 1 rings (SSSR count). The molecular weight excluding hydrogens is 258 g/mol. The smallest absolute Gasteiger partial charge is 0.404 e. The SMILES string of the molecule is COCO[C@H](c1ccccc1Cl)[C@H](C)OC(N)=O. The molecule has 0 aliphatic heterocycles. The fourth-order valence-corrected chi connectivity index (χ4v) is 1.81. The van der Waals surface area contributed by atoms with Gasteiger partial charge in [0, 0.05) is 17.7 Å². The molecule has 0 fully saturated rings. The second-order valence-corrected chi connectivity index (χ2v) is 4.06. The largest absolute Gasteiger partial charge is 0.444 e. The first kappa shape index (κ1) is 14.8. The summed E-state index contributed by atoms with van der Waals surface area (Å²) in [5, 5.41) is 0.526. The van der Waals surface area contributed by atoms with Gasteiger partial charge < -0.3 is 19.9 Å². The molecule has 1 amide bonds. The average molecular weight is 274 g/mol. The second-order valence-electron chi connectivity index (χ2n) is 3.66. The lowest BCUT2D eigenvalue weighted by molar-refractivity contribution is -0.111. The molecule has 1 aromatic carbocycles. The summed E-state index contributed by atoms with van der Waals surface area (Å²) in [5.74, 6) is 0. The molecule has 5 nitrogen and oxygen atoms in total. The first-order valence-corrected chi connectivity index (χ1v) is 5.75. The van der Waals surface area contributed by atoms with Crippen molar-refractivity contribution in [2.45, 2.75) is 19.1 Å². The molecule has 6 heteroatoms. The van der Waals surface area contributed by atoms with Crippen LogP contribution in [0.15, 0.2) is 24.3 Å². The Morgan fingerprint density at radius 2 is 2.11 bits per heavy atom. The molecule has 0 heterocycles. The molecule has 0 saturated carbocycles. The van der Waals surface area contributed by atoms with E-state index in [9.17, 15) is 4.79 Å². The van der Waals surface area contributed by atoms with Gasteiger partial charge in [0.15, 0.2) is 0 Å². The van der Waals surface area contributed by atoms with Crippen LogP contribution in [0.1, 0.15) is 18.6 Å². The number of benzene rings is 1. The van der Waals surface area contributed by atoms with Gasteiger partial charge in [0.1, 0.15) is 19.0 Å². The Morgan fingerprint density at radius 1 is 1.44 bits per heavy atom. The van der Waals surface area contributed by atoms with Gasteiger partial charge in [0.2, 0.25) is 0 Å². The van der Waals surface area contributed by atoms with Crippen molar-refractivity contribution in [3.05, 3.63) is 34.9 Å². The van der Waals surface area contributed by atoms with Crippen LogP contribution < -0.4 is 5.73 Å². The fraction of sp³-hybridized carbons (Fsp3) is 0.417. The Bertz CT molecular complexity index is 399. The lowest BCUT2D eigenvalue weighted by Crippen LogP contribution is -2.28. The van der Waals surface area contributed by atoms with E-state index in [1.807, 2.05) is 6.07 Å². The number of carbonyl (C=O) groups is 1. The number of ether oxygens (including phenoxy) is 3. The van der Waals surface area contributed by atoms with Crippen molar-refractivity contribution in [2.24, 2.45) is 5.73 Å². The zero-order valence-electron chi connectivity index (χ0n) is 10.3. The average Bonchev–Trinajstić information content (AvgIpc) is 2.31. The standard InChI is InChI=1S/C12H16ClNO4/c1-8(18-12(14)15)11(17-7-16-2)9-5-3-4-6-10(9)13/h3-6,8,11H,7H2,1-2H3,(H2,14,15)/t8-,11-/m0/s1. The third-order valence-corrected chi connectivity index (χ3v) is 2.65. The van der Waals surface area contributed by atoms with Gasteiger partial charge in [-0.3, -0.25) is 0 Å². The highest BCUT2D eigenvalue weighted by Crippen LogP contribution is 2.29. The molecule has 0 spiro atoms. The van der Waals surface area contributed by atoms with Crippen LogP contribution in [-0.4, -0.2) is 26.1 Å². The summed E-state index contributed by atoms with van der Waals surface area (Å²) in [6.07, 6.45) is -1.97. The summed E-state index contributed by atoms with van der Waals surface area (Å²) in [5.41, 5.74) is 5.71. The van der Waals surface area contributed by atoms with Gasteiger partial charge >= 0.3 is 6.09 Å². The Balaban J connectivity index is 2.90. The minimum absolute atomic E-state index is 0.0579. The van der Waals surface area contributed by atoms with Crippen LogP contribution >= 0.6 is 11.6 Å². The van der Waals surface area contributed by atoms with Crippen molar-refractivity contribution in [2.75, 3.05) is 13.9 Å². The van der Waals surface area contributed by atoms with E-state index in [0.717, 1.165) is 0 Å². The maximum absolute atomic E-state index is 10.8. The van der Waals surface area contributed by atoms with E-state index in [1.54, 1.807) is 25.1 Å². The molecule has 0 unspecified atom stereocenters. The second kappa shape index (κ2) is 7.20. The van der Waals surface area contributed by atoms with Gasteiger partial charge in [-0.15, -0.1) is 0 Å². The van der Waals surface area contributed by atoms with E-state index in [2.05, 4.69) is 0 Å². The molecule has 0 aromatic heterocycles. The maximum atomic E-state index is 10.8. The highest BCUT2D eigenvalue weighted by atomic mass is 35.5. The van der Waals surface area contributed by atoms with Crippen LogP contribution in [0.5, 0.6) is 0 Å². The first-order chi connectivity index (χ1) is 8.56. The summed E-state index contributed by atoms with van der Waals surface area (Å²) in [6, 6.07) is 7.15. The Morgan fingerprint density at radius 3 is 2.67 bits per heavy atom. The molecule has 2 N–H and O–H groups in total. The third kappa shape index (κ3) is 4.18. The van der Waals surface area contributed by atoms with Crippen molar-refractivity contribution in [1.82, 2.24) is 0 Å². The van der Waals surface area contributed by atoms with E-state index in [0.29, 0.717) is 10.6 Å². The van der Waals surface area contributed by atoms with Gasteiger partial charge in [-0.25, -0.2) is 4.79 Å². The number of hydrogen-bond acceptors (Lipinski definition) is 4. The number of carbonyl (C=O) groups excluding carboxylic acids is 1. The zero-order chi connectivity index (χ0) is 13.5. The Kier molecular flexibility index (Phi) is 5.91. The predicted octanol–water partition coefficient (Wildman–Crippen LogP) is 2.49. The van der Waals surface area contributed by atoms with E-state index in [1.165, 1.54) is 7.11 Å². The minimum atomic E-state index is -0.861. The highest BCUT2D eigenvalue weighted by Gasteiger charge is 2.24. The first-order valence-electron chi connectivity index (χ1n) is 5.37. The fourth-order valence-electron chi connectivity index (χ4n) is 1.57. The molecule has 1 aromatic rings. The van der Waals surface area contributed by atoms with E-state index < -0.39 is 18.3 Å². The molecule has 0 aliphatic carbocycles. The molecule has 100 valence electrons. The monoisotopic (exact) mass is 273 g/mol. The number of hydrogen-bond donors (Lipinski definition) is 1. The van der Waals surface area contributed by atoms with Crippen molar-refractivity contribution in [3.8, 4) is 0 Å². The maximum Gasteiger partial charge on any atom is 0.404 e. The van der Waals surface area contributed by atoms with Crippen LogP contribution in [0.2, 0.25) is 5.02 Å². The van der Waals surface area contributed by atoms with Gasteiger partial charge in [-0.2, -0.15) is 0 Å². The molecule has 0 radical (unpaired) electrons. The zero-order valence-corrected chi connectivity index (χ0v) is 11.0. The molecule has 0 aliphatic rings. The number of rotatable bonds is 6. The quantitative estimate of drug-likeness (QED) is 0.809. The normalized spacial score (nSPS) is 13.9. The highest BCUT2D eigenvalue weighted by molar-refractivity contribution is 6.31. The van der Waals surface area contributed by atoms with Gasteiger partial charge in [0.25, 0.3) is 0 Å². The Labute approximate surface area is 111 Å². The number of halogens is 1. The number of amides is 1. The van der Waals surface area contributed by atoms with Crippen LogP contribution in [0.25, 0.3) is 0 Å². The summed E-state index contributed by atoms with van der Waals surface area (Å²) < 4.78 is 15.3. The van der Waals surface area contributed by atoms with Gasteiger partial charge in [0.05, 0.1) is 0 Å². The van der Waals surface area contributed by atoms with Crippen LogP contribution in [-0.2, 0) is 14.2 Å². The van der Waals surface area contributed by atoms with Gasteiger partial charge in [-0.05, 0) is 13.0 Å². The molecule has 2 atom stereocenters. The van der Waals surface area contributed by atoms with Gasteiger partial charge in [-0.1, -0.05) is 29.8 Å². The predicted molar refractivity (Wildman–Crippen MR) is 67.3 cm³/mol. The molecule has 0 bridgehead atoms. The molecular formula is C12H16ClNO4. The lowest BCUT2D eigenvalue weighted by atomic mass is 10.1. The number of methoxy groups -OCH3 is 1. The number of nitrogens with two attached hydrogens (primary N) is 1. The van der Waals surface area contributed by atoms with E-state index in [-0.39, 0.29) is 6.79 Å². The third-order valence-electron chi connectivity index (χ3n) is 2.31. The van der Waals surface area contributed by atoms with Crippen molar-refractivity contribution in [3.63, 3.8) is 0 Å². The molecule has 18 heavy (non-hydrogen) atoms. The molecule has 0 saturated heterocycles. The van der Waals surface area contributed by atoms with Crippen molar-refractivity contribution < 1.29 is 19.0 Å². The topological polar surface area (TPSA) is 70.8 Å². The summed E-state index contributed by atoms with van der Waals surface area (Å²) in [7, 11) is 1.50. The van der Waals surface area contributed by atoms with E-state index in [4.69, 9.17) is 31.5 Å². The van der Waals surface area contributed by atoms with Crippen molar-refractivity contribution in [1.29, 1.82) is 0 Å². The van der Waals surface area contributed by atoms with Crippen molar-refractivity contribution >= 4 is 17.7 Å².